The first-order chi connectivity index (χ1) is 10.7. The van der Waals surface area contributed by atoms with Gasteiger partial charge in [0.2, 0.25) is 0 Å². The molecule has 1 atom stereocenters. The molecule has 1 N–H and O–H groups in total. The first kappa shape index (κ1) is 16.1. The van der Waals surface area contributed by atoms with Crippen LogP contribution in [0.1, 0.15) is 42.5 Å². The predicted octanol–water partition coefficient (Wildman–Crippen LogP) is 4.61. The maximum absolute atomic E-state index is 12.0. The van der Waals surface area contributed by atoms with Gasteiger partial charge in [0, 0.05) is 0 Å². The number of alkyl carbamates (subject to hydrolysis) is 1. The van der Waals surface area contributed by atoms with Crippen LogP contribution in [0.25, 0.3) is 0 Å². The number of ether oxygens (including phenoxy) is 1. The molecule has 1 amide bonds. The second kappa shape index (κ2) is 8.23. The zero-order valence-corrected chi connectivity index (χ0v) is 13.2. The van der Waals surface area contributed by atoms with Crippen molar-refractivity contribution in [2.75, 3.05) is 6.61 Å². The minimum atomic E-state index is -0.372. The summed E-state index contributed by atoms with van der Waals surface area (Å²) in [7, 11) is 0. The van der Waals surface area contributed by atoms with Crippen LogP contribution in [0.5, 0.6) is 0 Å². The monoisotopic (exact) mass is 297 g/mol. The minimum absolute atomic E-state index is 0.198. The molecule has 0 fully saturated rings. The first-order valence-corrected chi connectivity index (χ1v) is 7.75. The van der Waals surface area contributed by atoms with Crippen molar-refractivity contribution in [1.82, 2.24) is 5.32 Å². The largest absolute Gasteiger partial charge is 0.450 e. The number of nitrogens with one attached hydrogen (secondary N) is 1. The highest BCUT2D eigenvalue weighted by Gasteiger charge is 2.17. The second-order valence-corrected chi connectivity index (χ2v) is 5.39. The molecule has 0 saturated heterocycles. The van der Waals surface area contributed by atoms with Gasteiger partial charge < -0.3 is 10.1 Å². The molecule has 0 aliphatic heterocycles. The van der Waals surface area contributed by atoms with Crippen molar-refractivity contribution in [3.8, 4) is 0 Å². The van der Waals surface area contributed by atoms with E-state index in [-0.39, 0.29) is 12.1 Å². The van der Waals surface area contributed by atoms with E-state index in [1.54, 1.807) is 0 Å². The normalized spacial score (nSPS) is 11.7. The van der Waals surface area contributed by atoms with Crippen LogP contribution in [0.3, 0.4) is 0 Å². The van der Waals surface area contributed by atoms with Gasteiger partial charge in [0.25, 0.3) is 0 Å². The van der Waals surface area contributed by atoms with Gasteiger partial charge in [-0.15, -0.1) is 0 Å². The molecule has 0 heterocycles. The summed E-state index contributed by atoms with van der Waals surface area (Å²) in [6.07, 6.45) is 1.52. The Hall–Kier alpha value is -2.29. The van der Waals surface area contributed by atoms with E-state index in [4.69, 9.17) is 4.74 Å². The number of aryl methyl sites for hydroxylation is 1. The zero-order valence-electron chi connectivity index (χ0n) is 13.2. The molecule has 116 valence electrons. The number of amides is 1. The quantitative estimate of drug-likeness (QED) is 0.791. The van der Waals surface area contributed by atoms with Crippen LogP contribution in [0.2, 0.25) is 0 Å². The van der Waals surface area contributed by atoms with Crippen LogP contribution in [0.4, 0.5) is 4.79 Å². The molecule has 0 aliphatic carbocycles. The van der Waals surface area contributed by atoms with Crippen LogP contribution >= 0.6 is 0 Å². The lowest BCUT2D eigenvalue weighted by Gasteiger charge is -2.20. The standard InChI is InChI=1S/C19H23NO2/c1-3-4-14-22-19(21)20-18(16-8-6-5-7-9-16)17-12-10-15(2)11-13-17/h5-13,18H,3-4,14H2,1-2H3,(H,20,21). The molecule has 0 radical (unpaired) electrons. The Morgan fingerprint density at radius 1 is 1.05 bits per heavy atom. The number of carbonyl (C=O) groups excluding carboxylic acids is 1. The van der Waals surface area contributed by atoms with Gasteiger partial charge in [-0.05, 0) is 24.5 Å². The lowest BCUT2D eigenvalue weighted by atomic mass is 9.98. The molecule has 2 rings (SSSR count). The maximum atomic E-state index is 12.0. The van der Waals surface area contributed by atoms with E-state index in [1.807, 2.05) is 49.4 Å². The Morgan fingerprint density at radius 2 is 1.68 bits per heavy atom. The van der Waals surface area contributed by atoms with Gasteiger partial charge in [0.05, 0.1) is 12.6 Å². The number of unbranched alkanes of at least 4 members (excludes halogenated alkanes) is 1. The Labute approximate surface area is 132 Å². The van der Waals surface area contributed by atoms with E-state index in [0.29, 0.717) is 6.61 Å². The third kappa shape index (κ3) is 4.62. The second-order valence-electron chi connectivity index (χ2n) is 5.39. The average molecular weight is 297 g/mol. The molecule has 2 aromatic rings. The Bertz CT molecular complexity index is 578. The lowest BCUT2D eigenvalue weighted by molar-refractivity contribution is 0.142. The molecule has 0 saturated carbocycles. The van der Waals surface area contributed by atoms with Gasteiger partial charge in [0.15, 0.2) is 0 Å². The summed E-state index contributed by atoms with van der Waals surface area (Å²) in [6, 6.07) is 17.9. The minimum Gasteiger partial charge on any atom is -0.450 e. The van der Waals surface area contributed by atoms with Crippen molar-refractivity contribution in [2.45, 2.75) is 32.7 Å². The highest BCUT2D eigenvalue weighted by molar-refractivity contribution is 5.68. The van der Waals surface area contributed by atoms with E-state index in [2.05, 4.69) is 24.4 Å². The number of carbonyl (C=O) groups is 1. The van der Waals surface area contributed by atoms with E-state index in [1.165, 1.54) is 5.56 Å². The topological polar surface area (TPSA) is 38.3 Å². The van der Waals surface area contributed by atoms with Gasteiger partial charge in [0.1, 0.15) is 0 Å². The summed E-state index contributed by atoms with van der Waals surface area (Å²) in [5.41, 5.74) is 3.28. The predicted molar refractivity (Wildman–Crippen MR) is 88.9 cm³/mol. The summed E-state index contributed by atoms with van der Waals surface area (Å²) in [5.74, 6) is 0. The molecule has 2 aromatic carbocycles. The number of benzene rings is 2. The highest BCUT2D eigenvalue weighted by Crippen LogP contribution is 2.22. The first-order valence-electron chi connectivity index (χ1n) is 7.75. The average Bonchev–Trinajstić information content (AvgIpc) is 2.55. The molecular weight excluding hydrogens is 274 g/mol. The molecule has 22 heavy (non-hydrogen) atoms. The van der Waals surface area contributed by atoms with E-state index >= 15 is 0 Å². The van der Waals surface area contributed by atoms with E-state index in [9.17, 15) is 4.79 Å². The number of hydrogen-bond acceptors (Lipinski definition) is 2. The summed E-state index contributed by atoms with van der Waals surface area (Å²) < 4.78 is 5.23. The van der Waals surface area contributed by atoms with Crippen LogP contribution in [-0.2, 0) is 4.74 Å². The molecule has 0 aromatic heterocycles. The summed E-state index contributed by atoms with van der Waals surface area (Å²) in [4.78, 5) is 12.0. The molecular formula is C19H23NO2. The van der Waals surface area contributed by atoms with Crippen molar-refractivity contribution in [3.05, 3.63) is 71.3 Å². The zero-order chi connectivity index (χ0) is 15.8. The Kier molecular flexibility index (Phi) is 6.01. The van der Waals surface area contributed by atoms with Crippen molar-refractivity contribution in [2.24, 2.45) is 0 Å². The Balaban J connectivity index is 2.15. The van der Waals surface area contributed by atoms with E-state index in [0.717, 1.165) is 24.0 Å². The highest BCUT2D eigenvalue weighted by atomic mass is 16.5. The van der Waals surface area contributed by atoms with Crippen molar-refractivity contribution in [1.29, 1.82) is 0 Å². The maximum Gasteiger partial charge on any atom is 0.407 e. The third-order valence-electron chi connectivity index (χ3n) is 3.54. The molecule has 0 aliphatic rings. The lowest BCUT2D eigenvalue weighted by Crippen LogP contribution is -2.30. The van der Waals surface area contributed by atoms with Crippen molar-refractivity contribution < 1.29 is 9.53 Å². The molecule has 3 nitrogen and oxygen atoms in total. The summed E-state index contributed by atoms with van der Waals surface area (Å²) >= 11 is 0. The van der Waals surface area contributed by atoms with Gasteiger partial charge in [-0.25, -0.2) is 4.79 Å². The number of rotatable bonds is 6. The SMILES string of the molecule is CCCCOC(=O)NC(c1ccccc1)c1ccc(C)cc1. The molecule has 1 unspecified atom stereocenters. The summed E-state index contributed by atoms with van der Waals surface area (Å²) in [5, 5.41) is 2.97. The fraction of sp³-hybridized carbons (Fsp3) is 0.316. The fourth-order valence-corrected chi connectivity index (χ4v) is 2.23. The molecule has 0 spiro atoms. The third-order valence-corrected chi connectivity index (χ3v) is 3.54. The van der Waals surface area contributed by atoms with Crippen LogP contribution < -0.4 is 5.32 Å². The summed E-state index contributed by atoms with van der Waals surface area (Å²) in [6.45, 7) is 4.58. The van der Waals surface area contributed by atoms with Crippen molar-refractivity contribution in [3.63, 3.8) is 0 Å². The van der Waals surface area contributed by atoms with Gasteiger partial charge >= 0.3 is 6.09 Å². The number of hydrogen-bond donors (Lipinski definition) is 1. The smallest absolute Gasteiger partial charge is 0.407 e. The molecule has 0 bridgehead atoms. The van der Waals surface area contributed by atoms with Crippen LogP contribution in [0.15, 0.2) is 54.6 Å². The van der Waals surface area contributed by atoms with Gasteiger partial charge in [-0.2, -0.15) is 0 Å². The van der Waals surface area contributed by atoms with Crippen molar-refractivity contribution >= 4 is 6.09 Å². The van der Waals surface area contributed by atoms with Gasteiger partial charge in [-0.1, -0.05) is 73.5 Å². The van der Waals surface area contributed by atoms with Crippen LogP contribution in [-0.4, -0.2) is 12.7 Å². The van der Waals surface area contributed by atoms with Crippen LogP contribution in [0, 0.1) is 6.92 Å². The molecule has 3 heteroatoms. The van der Waals surface area contributed by atoms with E-state index < -0.39 is 0 Å². The fourth-order valence-electron chi connectivity index (χ4n) is 2.23. The Morgan fingerprint density at radius 3 is 2.32 bits per heavy atom. The van der Waals surface area contributed by atoms with Gasteiger partial charge in [-0.3, -0.25) is 0 Å².